The fraction of sp³-hybridized carbons (Fsp3) is 0.500. The lowest BCUT2D eigenvalue weighted by Crippen LogP contribution is -2.49. The average molecular weight is 734 g/mol. The second kappa shape index (κ2) is 14.2. The fourth-order valence-corrected chi connectivity index (χ4v) is 10.2. The molecule has 2 aliphatic carbocycles. The predicted molar refractivity (Wildman–Crippen MR) is 196 cm³/mol. The van der Waals surface area contributed by atoms with Gasteiger partial charge in [-0.3, -0.25) is 19.0 Å². The van der Waals surface area contributed by atoms with Crippen molar-refractivity contribution >= 4 is 39.0 Å². The van der Waals surface area contributed by atoms with E-state index in [1.807, 2.05) is 19.1 Å². The highest BCUT2D eigenvalue weighted by molar-refractivity contribution is 7.92. The minimum Gasteiger partial charge on any atom is -0.490 e. The minimum absolute atomic E-state index is 0.0728. The number of hydrogen-bond donors (Lipinski definition) is 1. The number of fused-ring (bicyclic) bond motifs is 4. The molecule has 2 bridgehead atoms. The number of carbonyl (C=O) groups excluding carboxylic acids is 2. The number of benzene rings is 2. The second-order valence-corrected chi connectivity index (χ2v) is 16.9. The van der Waals surface area contributed by atoms with Crippen molar-refractivity contribution in [3.05, 3.63) is 69.9 Å². The van der Waals surface area contributed by atoms with E-state index in [2.05, 4.69) is 43.1 Å². The van der Waals surface area contributed by atoms with Crippen molar-refractivity contribution in [2.45, 2.75) is 57.0 Å². The van der Waals surface area contributed by atoms with Crippen LogP contribution in [0.25, 0.3) is 0 Å². The molecule has 1 spiro atoms. The van der Waals surface area contributed by atoms with E-state index in [-0.39, 0.29) is 46.1 Å². The van der Waals surface area contributed by atoms with E-state index in [1.54, 1.807) is 26.3 Å². The molecule has 4 aliphatic rings. The standard InChI is InChI=1S/C38H44ClN5O6S/c1-24-7-5-9-33(48-3)29-13-10-27(29)19-44-22-38(16-6-8-25-17-28(39)12-14-31(25)38)23-50-34-15-11-26(18-32(34)44)35(45)41-51(47,21-24)42-36(46)30-20-43(2)40-37(30)49-4/h11-12,14-15,17-18,20,24,27,29,33H,6-8,10,13,16,19,21-23H2,1-4H3,(H,41,42,45,46,47)/t24-,27-,29+,33+,38-,51-/m0/s1. The van der Waals surface area contributed by atoms with Gasteiger partial charge in [0.2, 0.25) is 5.88 Å². The summed E-state index contributed by atoms with van der Waals surface area (Å²) in [5, 5.41) is 4.87. The molecule has 0 radical (unpaired) electrons. The van der Waals surface area contributed by atoms with Crippen molar-refractivity contribution in [2.75, 3.05) is 44.6 Å². The third-order valence-electron chi connectivity index (χ3n) is 10.8. The highest BCUT2D eigenvalue weighted by Crippen LogP contribution is 2.47. The normalized spacial score (nSPS) is 28.8. The number of halogens is 1. The van der Waals surface area contributed by atoms with E-state index in [0.717, 1.165) is 49.4 Å². The summed E-state index contributed by atoms with van der Waals surface area (Å²) in [6.07, 6.45) is 6.59. The van der Waals surface area contributed by atoms with Gasteiger partial charge in [0.15, 0.2) is 0 Å². The molecule has 0 saturated heterocycles. The Kier molecular flexibility index (Phi) is 9.82. The Bertz CT molecular complexity index is 2050. The third-order valence-corrected chi connectivity index (χ3v) is 13.0. The van der Waals surface area contributed by atoms with Crippen LogP contribution in [0.15, 0.2) is 47.0 Å². The smallest absolute Gasteiger partial charge is 0.286 e. The first-order valence-electron chi connectivity index (χ1n) is 17.5. The van der Waals surface area contributed by atoms with Gasteiger partial charge in [0, 0.05) is 61.8 Å². The van der Waals surface area contributed by atoms with Gasteiger partial charge < -0.3 is 19.1 Å². The molecular weight excluding hydrogens is 690 g/mol. The van der Waals surface area contributed by atoms with Crippen LogP contribution >= 0.6 is 11.6 Å². The maximum atomic E-state index is 14.5. The van der Waals surface area contributed by atoms with E-state index in [4.69, 9.17) is 25.8 Å². The summed E-state index contributed by atoms with van der Waals surface area (Å²) >= 11 is 6.45. The average Bonchev–Trinajstić information content (AvgIpc) is 3.40. The molecule has 0 unspecified atom stereocenters. The summed E-state index contributed by atoms with van der Waals surface area (Å²) in [4.78, 5) is 29.8. The Morgan fingerprint density at radius 1 is 1.20 bits per heavy atom. The molecule has 3 heterocycles. The Hall–Kier alpha value is -4.05. The maximum absolute atomic E-state index is 14.5. The number of carbonyl (C=O) groups is 2. The molecule has 6 atom stereocenters. The van der Waals surface area contributed by atoms with Gasteiger partial charge in [0.05, 0.1) is 25.2 Å². The summed E-state index contributed by atoms with van der Waals surface area (Å²) in [6, 6.07) is 11.5. The molecule has 2 aromatic carbocycles. The highest BCUT2D eigenvalue weighted by Gasteiger charge is 2.44. The molecule has 13 heteroatoms. The number of amides is 2. The van der Waals surface area contributed by atoms with Crippen molar-refractivity contribution in [1.82, 2.24) is 14.5 Å². The molecule has 1 saturated carbocycles. The van der Waals surface area contributed by atoms with Crippen LogP contribution in [-0.4, -0.2) is 71.6 Å². The zero-order valence-corrected chi connectivity index (χ0v) is 31.0. The molecule has 270 valence electrons. The Morgan fingerprint density at radius 2 is 2.04 bits per heavy atom. The first kappa shape index (κ1) is 35.4. The lowest BCUT2D eigenvalue weighted by molar-refractivity contribution is 0.0190. The number of ether oxygens (including phenoxy) is 3. The van der Waals surface area contributed by atoms with Crippen LogP contribution in [-0.2, 0) is 33.5 Å². The summed E-state index contributed by atoms with van der Waals surface area (Å²) in [5.41, 5.74) is 3.35. The molecule has 11 nitrogen and oxygen atoms in total. The Balaban J connectivity index is 1.31. The first-order valence-corrected chi connectivity index (χ1v) is 19.6. The maximum Gasteiger partial charge on any atom is 0.286 e. The predicted octanol–water partition coefficient (Wildman–Crippen LogP) is 5.59. The van der Waals surface area contributed by atoms with Crippen molar-refractivity contribution in [3.8, 4) is 23.5 Å². The fourth-order valence-electron chi connectivity index (χ4n) is 8.13. The highest BCUT2D eigenvalue weighted by atomic mass is 35.5. The Labute approximate surface area is 304 Å². The van der Waals surface area contributed by atoms with Crippen molar-refractivity contribution in [1.29, 1.82) is 0 Å². The number of methoxy groups -OCH3 is 2. The van der Waals surface area contributed by atoms with E-state index >= 15 is 0 Å². The van der Waals surface area contributed by atoms with Crippen LogP contribution in [0.3, 0.4) is 0 Å². The van der Waals surface area contributed by atoms with Crippen LogP contribution < -0.4 is 19.1 Å². The summed E-state index contributed by atoms with van der Waals surface area (Å²) < 4.78 is 40.6. The number of nitrogens with zero attached hydrogens (tertiary/aromatic N) is 4. The van der Waals surface area contributed by atoms with Gasteiger partial charge in [-0.15, -0.1) is 15.4 Å². The zero-order valence-electron chi connectivity index (χ0n) is 29.4. The summed E-state index contributed by atoms with van der Waals surface area (Å²) in [5.74, 6) is 6.19. The first-order chi connectivity index (χ1) is 24.5. The molecule has 7 rings (SSSR count). The van der Waals surface area contributed by atoms with Gasteiger partial charge in [0.1, 0.15) is 27.3 Å². The lowest BCUT2D eigenvalue weighted by Gasteiger charge is -2.45. The number of anilines is 1. The number of aryl methyl sites for hydroxylation is 2. The van der Waals surface area contributed by atoms with Gasteiger partial charge in [-0.05, 0) is 85.4 Å². The largest absolute Gasteiger partial charge is 0.490 e. The van der Waals surface area contributed by atoms with Crippen LogP contribution in [0.1, 0.15) is 70.9 Å². The van der Waals surface area contributed by atoms with Crippen molar-refractivity contribution < 1.29 is 28.0 Å². The minimum atomic E-state index is -3.63. The molecule has 1 aromatic heterocycles. The van der Waals surface area contributed by atoms with E-state index in [0.29, 0.717) is 31.2 Å². The topological polar surface area (TPSA) is 124 Å². The summed E-state index contributed by atoms with van der Waals surface area (Å²) in [6.45, 7) is 3.79. The number of nitrogens with one attached hydrogen (secondary N) is 1. The molecule has 51 heavy (non-hydrogen) atoms. The van der Waals surface area contributed by atoms with Gasteiger partial charge in [0.25, 0.3) is 11.8 Å². The summed E-state index contributed by atoms with van der Waals surface area (Å²) in [7, 11) is 1.12. The SMILES string of the molecule is COc1nn(C)cc1C(=O)N[S@@]1(=O)=NC(=O)c2ccc3c(c2)N(C[C@@H]2CC[C@H]2[C@H](OC)C#CC[C@H](C)C1)C[C@@]1(CCCc2cc(Cl)ccc21)CO3. The van der Waals surface area contributed by atoms with Gasteiger partial charge in [-0.2, -0.15) is 0 Å². The molecule has 3 aromatic rings. The molecule has 2 amide bonds. The van der Waals surface area contributed by atoms with Crippen LogP contribution in [0.5, 0.6) is 11.6 Å². The van der Waals surface area contributed by atoms with Crippen LogP contribution in [0, 0.1) is 29.6 Å². The van der Waals surface area contributed by atoms with Gasteiger partial charge >= 0.3 is 0 Å². The number of rotatable bonds is 4. The van der Waals surface area contributed by atoms with Crippen molar-refractivity contribution in [2.24, 2.45) is 29.2 Å². The van der Waals surface area contributed by atoms with Crippen LogP contribution in [0.4, 0.5) is 5.69 Å². The van der Waals surface area contributed by atoms with Crippen molar-refractivity contribution in [3.63, 3.8) is 0 Å². The number of aromatic nitrogens is 2. The Morgan fingerprint density at radius 3 is 2.80 bits per heavy atom. The molecular formula is C38H44ClN5O6S. The second-order valence-electron chi connectivity index (χ2n) is 14.4. The van der Waals surface area contributed by atoms with E-state index in [9.17, 15) is 13.8 Å². The monoisotopic (exact) mass is 733 g/mol. The van der Waals surface area contributed by atoms with Gasteiger partial charge in [-0.25, -0.2) is 4.21 Å². The molecule has 1 fully saturated rings. The van der Waals surface area contributed by atoms with Crippen LogP contribution in [0.2, 0.25) is 5.02 Å². The number of hydrogen-bond acceptors (Lipinski definition) is 8. The van der Waals surface area contributed by atoms with Gasteiger partial charge in [-0.1, -0.05) is 30.5 Å². The molecule has 2 aliphatic heterocycles. The zero-order chi connectivity index (χ0) is 35.9. The van der Waals surface area contributed by atoms with E-state index < -0.39 is 21.7 Å². The van der Waals surface area contributed by atoms with E-state index in [1.165, 1.54) is 29.1 Å². The lowest BCUT2D eigenvalue weighted by atomic mass is 9.68. The third kappa shape index (κ3) is 7.08. The quantitative estimate of drug-likeness (QED) is 0.344. The molecule has 1 N–H and O–H groups in total.